The number of hydrogen-bond acceptors (Lipinski definition) is 1. The Labute approximate surface area is 114 Å². The Hall–Kier alpha value is -0.0400. The van der Waals surface area contributed by atoms with Gasteiger partial charge in [-0.3, -0.25) is 0 Å². The quantitative estimate of drug-likeness (QED) is 0.671. The van der Waals surface area contributed by atoms with Crippen LogP contribution in [0.3, 0.4) is 0 Å². The monoisotopic (exact) mass is 251 g/mol. The summed E-state index contributed by atoms with van der Waals surface area (Å²) in [5, 5.41) is 3.76. The minimum absolute atomic E-state index is 0.664. The van der Waals surface area contributed by atoms with Crippen molar-refractivity contribution in [2.24, 2.45) is 29.1 Å². The number of rotatable bonds is 8. The molecule has 0 aromatic carbocycles. The molecule has 1 nitrogen and oxygen atoms in total. The zero-order chi connectivity index (χ0) is 13.2. The fraction of sp³-hybridized carbons (Fsp3) is 1.00. The van der Waals surface area contributed by atoms with E-state index in [1.54, 1.807) is 6.42 Å². The molecule has 2 fully saturated rings. The Kier molecular flexibility index (Phi) is 4.75. The largest absolute Gasteiger partial charge is 0.316 e. The first-order valence-corrected chi connectivity index (χ1v) is 8.25. The summed E-state index contributed by atoms with van der Waals surface area (Å²) in [6.45, 7) is 11.9. The van der Waals surface area contributed by atoms with E-state index in [1.165, 1.54) is 45.2 Å². The Bertz CT molecular complexity index is 248. The van der Waals surface area contributed by atoms with E-state index < -0.39 is 0 Å². The summed E-state index contributed by atoms with van der Waals surface area (Å²) < 4.78 is 0. The van der Waals surface area contributed by atoms with Gasteiger partial charge in [-0.15, -0.1) is 0 Å². The zero-order valence-corrected chi connectivity index (χ0v) is 13.0. The minimum atomic E-state index is 0.664. The lowest BCUT2D eigenvalue weighted by Crippen LogP contribution is -2.36. The number of fused-ring (bicyclic) bond motifs is 1. The van der Waals surface area contributed by atoms with Gasteiger partial charge in [0.05, 0.1) is 0 Å². The Morgan fingerprint density at radius 3 is 2.39 bits per heavy atom. The van der Waals surface area contributed by atoms with Gasteiger partial charge in [-0.25, -0.2) is 0 Å². The smallest absolute Gasteiger partial charge is 0.000823 e. The summed E-state index contributed by atoms with van der Waals surface area (Å²) in [4.78, 5) is 0. The second-order valence-corrected chi connectivity index (χ2v) is 7.79. The molecule has 0 radical (unpaired) electrons. The number of hydrogen-bond donors (Lipinski definition) is 1. The Balaban J connectivity index is 1.83. The van der Waals surface area contributed by atoms with E-state index in [4.69, 9.17) is 0 Å². The molecule has 18 heavy (non-hydrogen) atoms. The van der Waals surface area contributed by atoms with Gasteiger partial charge < -0.3 is 5.32 Å². The van der Waals surface area contributed by atoms with E-state index in [1.807, 2.05) is 0 Å². The standard InChI is InChI=1S/C17H33N/c1-5-6-14(4)8-17(12-18-11-13(2)3)9-15-7-16(15)10-17/h13-16,18H,5-12H2,1-4H3. The fourth-order valence-electron chi connectivity index (χ4n) is 4.35. The second-order valence-electron chi connectivity index (χ2n) is 7.79. The van der Waals surface area contributed by atoms with Crippen LogP contribution in [0, 0.1) is 29.1 Å². The molecule has 2 aliphatic carbocycles. The summed E-state index contributed by atoms with van der Waals surface area (Å²) in [5.41, 5.74) is 0.664. The van der Waals surface area contributed by atoms with E-state index in [9.17, 15) is 0 Å². The first-order valence-electron chi connectivity index (χ1n) is 8.25. The first-order chi connectivity index (χ1) is 8.54. The molecular weight excluding hydrogens is 218 g/mol. The van der Waals surface area contributed by atoms with Crippen molar-refractivity contribution in [2.75, 3.05) is 13.1 Å². The maximum Gasteiger partial charge on any atom is 0.000823 e. The highest BCUT2D eigenvalue weighted by Crippen LogP contribution is 2.61. The van der Waals surface area contributed by atoms with Crippen LogP contribution in [0.5, 0.6) is 0 Å². The van der Waals surface area contributed by atoms with E-state index in [-0.39, 0.29) is 0 Å². The van der Waals surface area contributed by atoms with Gasteiger partial charge in [-0.05, 0) is 61.3 Å². The normalized spacial score (nSPS) is 35.8. The molecule has 0 aliphatic heterocycles. The van der Waals surface area contributed by atoms with Crippen LogP contribution in [0.1, 0.15) is 66.2 Å². The summed E-state index contributed by atoms with van der Waals surface area (Å²) in [6, 6.07) is 0. The molecule has 0 aromatic heterocycles. The second kappa shape index (κ2) is 5.94. The number of nitrogens with one attached hydrogen (secondary N) is 1. The van der Waals surface area contributed by atoms with Crippen molar-refractivity contribution in [3.8, 4) is 0 Å². The Morgan fingerprint density at radius 1 is 1.17 bits per heavy atom. The molecule has 3 unspecified atom stereocenters. The molecule has 0 aromatic rings. The third-order valence-corrected chi connectivity index (χ3v) is 5.07. The highest BCUT2D eigenvalue weighted by Gasteiger charge is 2.53. The van der Waals surface area contributed by atoms with Crippen LogP contribution in [0.2, 0.25) is 0 Å². The van der Waals surface area contributed by atoms with Crippen LogP contribution in [0.15, 0.2) is 0 Å². The third kappa shape index (κ3) is 3.73. The van der Waals surface area contributed by atoms with E-state index in [0.717, 1.165) is 23.7 Å². The van der Waals surface area contributed by atoms with Crippen molar-refractivity contribution in [1.82, 2.24) is 5.32 Å². The SMILES string of the molecule is CCCC(C)CC1(CNCC(C)C)CC2CC2C1. The molecule has 106 valence electrons. The van der Waals surface area contributed by atoms with Crippen LogP contribution < -0.4 is 5.32 Å². The van der Waals surface area contributed by atoms with Gasteiger partial charge in [0.1, 0.15) is 0 Å². The minimum Gasteiger partial charge on any atom is -0.316 e. The average Bonchev–Trinajstić information content (AvgIpc) is 2.86. The van der Waals surface area contributed by atoms with Crippen molar-refractivity contribution < 1.29 is 0 Å². The summed E-state index contributed by atoms with van der Waals surface area (Å²) >= 11 is 0. The molecule has 0 saturated heterocycles. The molecule has 1 N–H and O–H groups in total. The predicted octanol–water partition coefficient (Wildman–Crippen LogP) is 4.47. The van der Waals surface area contributed by atoms with E-state index in [0.29, 0.717) is 5.41 Å². The van der Waals surface area contributed by atoms with Gasteiger partial charge in [0.25, 0.3) is 0 Å². The van der Waals surface area contributed by atoms with Crippen LogP contribution in [0.25, 0.3) is 0 Å². The predicted molar refractivity (Wildman–Crippen MR) is 79.7 cm³/mol. The molecule has 0 bridgehead atoms. The van der Waals surface area contributed by atoms with Crippen LogP contribution in [0.4, 0.5) is 0 Å². The van der Waals surface area contributed by atoms with Gasteiger partial charge in [0.2, 0.25) is 0 Å². The van der Waals surface area contributed by atoms with Gasteiger partial charge in [-0.2, -0.15) is 0 Å². The highest BCUT2D eigenvalue weighted by atomic mass is 14.9. The van der Waals surface area contributed by atoms with Crippen molar-refractivity contribution in [2.45, 2.75) is 66.2 Å². The van der Waals surface area contributed by atoms with E-state index in [2.05, 4.69) is 33.0 Å². The molecule has 0 amide bonds. The fourth-order valence-corrected chi connectivity index (χ4v) is 4.35. The van der Waals surface area contributed by atoms with Crippen LogP contribution in [-0.2, 0) is 0 Å². The molecule has 0 spiro atoms. The maximum absolute atomic E-state index is 3.76. The summed E-state index contributed by atoms with van der Waals surface area (Å²) in [6.07, 6.45) is 8.84. The lowest BCUT2D eigenvalue weighted by Gasteiger charge is -2.34. The molecule has 1 heteroatoms. The molecule has 3 atom stereocenters. The van der Waals surface area contributed by atoms with Crippen molar-refractivity contribution >= 4 is 0 Å². The van der Waals surface area contributed by atoms with Crippen LogP contribution >= 0.6 is 0 Å². The van der Waals surface area contributed by atoms with Gasteiger partial charge >= 0.3 is 0 Å². The molecule has 2 saturated carbocycles. The lowest BCUT2D eigenvalue weighted by molar-refractivity contribution is 0.188. The van der Waals surface area contributed by atoms with Crippen molar-refractivity contribution in [1.29, 1.82) is 0 Å². The molecule has 2 rings (SSSR count). The lowest BCUT2D eigenvalue weighted by atomic mass is 9.75. The van der Waals surface area contributed by atoms with E-state index >= 15 is 0 Å². The third-order valence-electron chi connectivity index (χ3n) is 5.07. The summed E-state index contributed by atoms with van der Waals surface area (Å²) in [5.74, 6) is 3.93. The zero-order valence-electron chi connectivity index (χ0n) is 13.0. The molecule has 2 aliphatic rings. The van der Waals surface area contributed by atoms with Crippen molar-refractivity contribution in [3.63, 3.8) is 0 Å². The Morgan fingerprint density at radius 2 is 1.83 bits per heavy atom. The van der Waals surface area contributed by atoms with Crippen molar-refractivity contribution in [3.05, 3.63) is 0 Å². The van der Waals surface area contributed by atoms with Crippen LogP contribution in [-0.4, -0.2) is 13.1 Å². The molecular formula is C17H33N. The highest BCUT2D eigenvalue weighted by molar-refractivity contribution is 5.04. The first kappa shape index (κ1) is 14.4. The van der Waals surface area contributed by atoms with Gasteiger partial charge in [0, 0.05) is 6.54 Å². The van der Waals surface area contributed by atoms with Gasteiger partial charge in [0.15, 0.2) is 0 Å². The maximum atomic E-state index is 3.76. The average molecular weight is 251 g/mol. The topological polar surface area (TPSA) is 12.0 Å². The summed E-state index contributed by atoms with van der Waals surface area (Å²) in [7, 11) is 0. The molecule has 0 heterocycles. The van der Waals surface area contributed by atoms with Gasteiger partial charge in [-0.1, -0.05) is 40.5 Å².